The van der Waals surface area contributed by atoms with E-state index < -0.39 is 200 Å². The van der Waals surface area contributed by atoms with E-state index in [1.165, 1.54) is 41.9 Å². The number of amides is 11. The van der Waals surface area contributed by atoms with Crippen LogP contribution in [0.5, 0.6) is 0 Å². The first-order chi connectivity index (χ1) is 70.1. The number of nitrogens with zero attached hydrogens (tertiary/aromatic N) is 16. The van der Waals surface area contributed by atoms with Crippen molar-refractivity contribution in [2.24, 2.45) is 21.7 Å². The Hall–Kier alpha value is -12.4. The maximum absolute atomic E-state index is 14.7. The molecule has 8 aromatic rings. The van der Waals surface area contributed by atoms with E-state index in [9.17, 15) is 79.5 Å². The second-order valence-electron chi connectivity index (χ2n) is 38.2. The lowest BCUT2D eigenvalue weighted by Crippen LogP contribution is -2.54. The summed E-state index contributed by atoms with van der Waals surface area (Å²) in [6, 6.07) is 44.3. The second kappa shape index (κ2) is 56.6. The third-order valence-corrected chi connectivity index (χ3v) is 24.9. The van der Waals surface area contributed by atoms with Crippen LogP contribution in [0.3, 0.4) is 0 Å². The van der Waals surface area contributed by atoms with Crippen molar-refractivity contribution < 1.29 is 103 Å². The van der Waals surface area contributed by atoms with Crippen molar-refractivity contribution in [1.29, 1.82) is 0 Å². The van der Waals surface area contributed by atoms with Crippen molar-refractivity contribution in [3.63, 3.8) is 0 Å². The first kappa shape index (κ1) is 124. The summed E-state index contributed by atoms with van der Waals surface area (Å²) in [4.78, 5) is 176. The number of pyridine rings is 5. The van der Waals surface area contributed by atoms with E-state index in [2.05, 4.69) is 259 Å². The Balaban J connectivity index is 0.000000242. The molecule has 0 aliphatic carbocycles. The molecule has 53 heteroatoms. The van der Waals surface area contributed by atoms with E-state index >= 15 is 0 Å². The Morgan fingerprint density at radius 1 is 0.367 bits per heavy atom. The third kappa shape index (κ3) is 39.7. The number of nitrogens with two attached hydrogens (primary N) is 2. The van der Waals surface area contributed by atoms with Crippen LogP contribution in [0.2, 0.25) is 0 Å². The summed E-state index contributed by atoms with van der Waals surface area (Å²) in [5, 5.41) is 25.5. The molecule has 10 heterocycles. The summed E-state index contributed by atoms with van der Waals surface area (Å²) in [5.41, 5.74) is 24.8. The summed E-state index contributed by atoms with van der Waals surface area (Å²) < 4.78 is 101. The van der Waals surface area contributed by atoms with Gasteiger partial charge in [-0.25, -0.2) is 70.8 Å². The average molecular weight is 2450 g/mol. The molecule has 0 spiro atoms. The van der Waals surface area contributed by atoms with Crippen LogP contribution >= 0.6 is 99.2 Å². The number of carbonyl (C=O) groups is 12. The molecule has 5 fully saturated rings. The number of hydrogen-bond acceptors (Lipinski definition) is 26. The SMILES string of the molecule is CC(=O)Cl.CC(=O)N[C@H]1[C@@H](C(=O)Nc2cccc(Br)n2)N(C(=O)OC(C)(C)C)C[C@@H]1F.CC(C)(C)OC(=O)N1C[C@@H](N)[C@H](F)[C@H]1C(=O)Nc1cccc(Br)n1.CC(C)(C)OC(=O)N1C[C@@H](N=[N+]=[N-])[C@H](F)[C@H]1C(=O)Nc1cccc(Br)n1.CC(C)(C)OC(=O)N1C[C@H](F)[C@@H](N)[C@H]1C(=O)Nc1cccc(Br)n1.CC(C)(C)OC(=O)N1C[C@H](F)[C@@H](N=[N+]=[N-])[C@H]1C(=O)Nc1cccc(Br)n1.c1ccc(P(c2ccccc2)c2ccccc2)cc1. The zero-order valence-electron chi connectivity index (χ0n) is 84.4. The molecular weight excluding hydrogens is 2330 g/mol. The summed E-state index contributed by atoms with van der Waals surface area (Å²) in [7, 11) is -0.446. The molecule has 5 saturated heterocycles. The zero-order valence-corrected chi connectivity index (χ0v) is 94.0. The van der Waals surface area contributed by atoms with Gasteiger partial charge in [0.15, 0.2) is 0 Å². The maximum Gasteiger partial charge on any atom is 0.411 e. The van der Waals surface area contributed by atoms with E-state index in [1.54, 1.807) is 183 Å². The fourth-order valence-electron chi connectivity index (χ4n) is 14.4. The summed E-state index contributed by atoms with van der Waals surface area (Å²) in [6.45, 7) is 26.1. The molecule has 5 aliphatic heterocycles. The van der Waals surface area contributed by atoms with Gasteiger partial charge in [0.25, 0.3) is 17.7 Å². The maximum atomic E-state index is 14.7. The minimum Gasteiger partial charge on any atom is -0.444 e. The minimum atomic E-state index is -1.87. The van der Waals surface area contributed by atoms with Gasteiger partial charge < -0.3 is 67.1 Å². The first-order valence-electron chi connectivity index (χ1n) is 45.9. The topological polar surface area (TPSA) is 553 Å². The van der Waals surface area contributed by atoms with Crippen molar-refractivity contribution >= 4 is 215 Å². The van der Waals surface area contributed by atoms with Gasteiger partial charge in [-0.15, -0.1) is 0 Å². The predicted molar refractivity (Wildman–Crippen MR) is 572 cm³/mol. The van der Waals surface area contributed by atoms with Gasteiger partial charge in [-0.1, -0.05) is 132 Å². The third-order valence-electron chi connectivity index (χ3n) is 20.3. The number of rotatable bonds is 16. The Morgan fingerprint density at radius 3 is 0.927 bits per heavy atom. The van der Waals surface area contributed by atoms with Gasteiger partial charge in [0, 0.05) is 36.8 Å². The highest BCUT2D eigenvalue weighted by atomic mass is 79.9. The van der Waals surface area contributed by atoms with E-state index in [0.717, 1.165) is 24.5 Å². The number of nitrogens with one attached hydrogen (secondary N) is 6. The monoisotopic (exact) mass is 2440 g/mol. The fraction of sp³-hybridized carbons (Fsp3) is 0.433. The highest BCUT2D eigenvalue weighted by Gasteiger charge is 2.55. The molecule has 15 atom stereocenters. The number of likely N-dealkylation sites (tertiary alicyclic amines) is 5. The van der Waals surface area contributed by atoms with Gasteiger partial charge in [-0.3, -0.25) is 58.1 Å². The van der Waals surface area contributed by atoms with Crippen LogP contribution in [0.15, 0.2) is 215 Å². The highest BCUT2D eigenvalue weighted by Crippen LogP contribution is 2.36. The lowest BCUT2D eigenvalue weighted by atomic mass is 10.1. The van der Waals surface area contributed by atoms with Crippen LogP contribution in [0.4, 0.5) is 75.0 Å². The molecule has 5 aromatic heterocycles. The average Bonchev–Trinajstić information content (AvgIpc) is 1.66. The highest BCUT2D eigenvalue weighted by molar-refractivity contribution is 9.11. The number of carbonyl (C=O) groups excluding carboxylic acids is 12. The Kier molecular flexibility index (Phi) is 47.0. The molecule has 3 aromatic carbocycles. The summed E-state index contributed by atoms with van der Waals surface area (Å²) in [5.74, 6) is -2.88. The summed E-state index contributed by atoms with van der Waals surface area (Å²) >= 11 is 20.6. The van der Waals surface area contributed by atoms with Gasteiger partial charge in [-0.2, -0.15) is 0 Å². The molecule has 13 rings (SSSR count). The van der Waals surface area contributed by atoms with Crippen LogP contribution in [0.25, 0.3) is 20.9 Å². The molecule has 10 N–H and O–H groups in total. The number of ether oxygens (including phenoxy) is 5. The fourth-order valence-corrected chi connectivity index (χ4v) is 18.5. The number of anilines is 5. The van der Waals surface area contributed by atoms with E-state index in [4.69, 9.17) is 46.2 Å². The minimum absolute atomic E-state index is 0.0971. The van der Waals surface area contributed by atoms with Crippen molar-refractivity contribution in [2.75, 3.05) is 59.3 Å². The van der Waals surface area contributed by atoms with Crippen LogP contribution in [-0.2, 0) is 57.2 Å². The van der Waals surface area contributed by atoms with Gasteiger partial charge in [0.05, 0.1) is 49.8 Å². The number of alkyl halides is 5. The van der Waals surface area contributed by atoms with Crippen LogP contribution in [0, 0.1) is 0 Å². The molecule has 0 unspecified atom stereocenters. The summed E-state index contributed by atoms with van der Waals surface area (Å²) in [6.07, 6.45) is -12.5. The van der Waals surface area contributed by atoms with E-state index in [1.807, 2.05) is 0 Å². The normalized spacial score (nSPS) is 21.0. The lowest BCUT2D eigenvalue weighted by Gasteiger charge is -2.29. The molecule has 5 aliphatic rings. The number of halogens is 11. The molecule has 808 valence electrons. The zero-order chi connectivity index (χ0) is 112. The van der Waals surface area contributed by atoms with Crippen molar-refractivity contribution in [3.05, 3.63) is 226 Å². The molecule has 0 radical (unpaired) electrons. The van der Waals surface area contributed by atoms with Crippen molar-refractivity contribution in [3.8, 4) is 0 Å². The molecule has 41 nitrogen and oxygen atoms in total. The smallest absolute Gasteiger partial charge is 0.411 e. The largest absolute Gasteiger partial charge is 0.444 e. The van der Waals surface area contributed by atoms with Gasteiger partial charge in [-0.05, 0) is 291 Å². The van der Waals surface area contributed by atoms with Crippen molar-refractivity contribution in [1.82, 2.24) is 54.7 Å². The van der Waals surface area contributed by atoms with E-state index in [0.29, 0.717) is 23.0 Å². The molecule has 150 heavy (non-hydrogen) atoms. The second-order valence-corrected chi connectivity index (χ2v) is 45.1. The Morgan fingerprint density at radius 2 is 0.627 bits per heavy atom. The standard InChI is InChI=1S/C18H15P.C17H22BrFN4O4.2C15H18BrFN6O3.2C15H20BrFN4O3.C2H3ClO/c1-4-10-16(11-5-1)19(17-12-6-2-7-13-17)18-14-8-3-9-15-18;1-9(24)20-13-10(19)8-23(16(26)27-17(2,3)4)14(13)15(25)22-12-7-5-6-11(18)21-12;1-15(2,3)26-14(25)23-7-8(21-22-18)11(17)12(23)13(24)20-10-6-4-5-9(16)19-10;1-15(2,3)26-14(25)23-7-8(17)11(21-22-18)12(23)13(24)20-10-6-4-5-9(16)19-10;1-15(2,3)24-14(23)21-7-8(18)11(17)12(21)13(22)20-10-6-4-5-9(16)19-10;1-15(2,3)24-14(23)21-7-8(17)11(18)12(21)13(22)20-10-6-4-5-9(16)19-10;1-2(3)4/h1-15H;5-7,10,13-14H,8H2,1-4H3,(H,20,24)(H,21,22,25);2*4-6,8,11-12H,7H2,1-3H3,(H,19,20,24);2*4-6,8,11-12H,7,18H2,1-3H3,(H,19,20,22);1H3/t;10-,13+,14-;8-,11+,12+;8-,11+,12-;8-,11+,12+;8-,11+,12-;/m.01010./s1. The molecule has 11 amide bonds. The van der Waals surface area contributed by atoms with E-state index in [-0.39, 0.29) is 60.5 Å². The number of azide groups is 2. The number of hydrogen-bond donors (Lipinski definition) is 8. The molecular formula is C97H116Br5ClF5N24O17P. The Bertz CT molecular complexity index is 5880. The predicted octanol–water partition coefficient (Wildman–Crippen LogP) is 17.4. The van der Waals surface area contributed by atoms with Gasteiger partial charge >= 0.3 is 30.5 Å². The van der Waals surface area contributed by atoms with Crippen molar-refractivity contribution in [2.45, 2.75) is 237 Å². The van der Waals surface area contributed by atoms with Crippen LogP contribution in [-0.4, -0.2) is 273 Å². The molecule has 0 bridgehead atoms. The first-order valence-corrected chi connectivity index (χ1v) is 51.6. The molecule has 0 saturated carbocycles. The number of benzene rings is 3. The van der Waals surface area contributed by atoms with Crippen LogP contribution in [0.1, 0.15) is 118 Å². The lowest BCUT2D eigenvalue weighted by molar-refractivity contribution is -0.124. The Labute approximate surface area is 910 Å². The number of aromatic nitrogens is 5. The van der Waals surface area contributed by atoms with Gasteiger partial charge in [0.1, 0.15) is 141 Å². The van der Waals surface area contributed by atoms with Gasteiger partial charge in [0.2, 0.25) is 23.0 Å². The van der Waals surface area contributed by atoms with Crippen LogP contribution < -0.4 is 59.3 Å². The quantitative estimate of drug-likeness (QED) is 0.00651.